The normalized spacial score (nSPS) is 12.3. The van der Waals surface area contributed by atoms with Crippen molar-refractivity contribution in [2.24, 2.45) is 5.14 Å². The topological polar surface area (TPSA) is 78.0 Å². The first-order valence-corrected chi connectivity index (χ1v) is 9.03. The first kappa shape index (κ1) is 18.4. The predicted octanol–water partition coefficient (Wildman–Crippen LogP) is 3.86. The number of nitrogens with zero attached hydrogens (tertiary/aromatic N) is 2. The molecule has 3 rings (SSSR count). The average molecular weight is 402 g/mol. The molecule has 0 atom stereocenters. The van der Waals surface area contributed by atoms with Crippen LogP contribution in [0.5, 0.6) is 0 Å². The van der Waals surface area contributed by atoms with E-state index in [2.05, 4.69) is 4.98 Å². The van der Waals surface area contributed by atoms with E-state index in [1.165, 1.54) is 36.7 Å². The lowest BCUT2D eigenvalue weighted by atomic mass is 9.99. The van der Waals surface area contributed by atoms with Crippen LogP contribution in [0.25, 0.3) is 16.8 Å². The Morgan fingerprint density at radius 1 is 1.08 bits per heavy atom. The number of primary sulfonamides is 1. The van der Waals surface area contributed by atoms with Crippen LogP contribution in [0.15, 0.2) is 60.0 Å². The third kappa shape index (κ3) is 3.46. The second kappa shape index (κ2) is 6.42. The Morgan fingerprint density at radius 2 is 1.73 bits per heavy atom. The van der Waals surface area contributed by atoms with E-state index in [1.807, 2.05) is 0 Å². The summed E-state index contributed by atoms with van der Waals surface area (Å²) < 4.78 is 65.9. The lowest BCUT2D eigenvalue weighted by molar-refractivity contribution is -0.137. The van der Waals surface area contributed by atoms with E-state index in [-0.39, 0.29) is 16.8 Å². The smallest absolute Gasteiger partial charge is 0.305 e. The molecule has 0 saturated heterocycles. The molecule has 0 amide bonds. The highest BCUT2D eigenvalue weighted by molar-refractivity contribution is 7.89. The summed E-state index contributed by atoms with van der Waals surface area (Å²) in [5.41, 5.74) is -1.37. The molecular formula is C16H11ClF3N3O2S. The van der Waals surface area contributed by atoms with Gasteiger partial charge in [0.2, 0.25) is 10.0 Å². The Morgan fingerprint density at radius 3 is 2.23 bits per heavy atom. The van der Waals surface area contributed by atoms with Crippen molar-refractivity contribution in [2.45, 2.75) is 11.1 Å². The van der Waals surface area contributed by atoms with Gasteiger partial charge in [0.25, 0.3) is 0 Å². The molecule has 26 heavy (non-hydrogen) atoms. The maximum atomic E-state index is 13.6. The molecule has 0 spiro atoms. The Bertz CT molecular complexity index is 1050. The average Bonchev–Trinajstić information content (AvgIpc) is 3.06. The molecule has 0 bridgehead atoms. The van der Waals surface area contributed by atoms with E-state index in [9.17, 15) is 21.6 Å². The highest BCUT2D eigenvalue weighted by atomic mass is 35.5. The largest absolute Gasteiger partial charge is 0.418 e. The molecule has 0 saturated carbocycles. The van der Waals surface area contributed by atoms with Crippen LogP contribution in [-0.4, -0.2) is 18.0 Å². The molecular weight excluding hydrogens is 391 g/mol. The Balaban J connectivity index is 2.50. The van der Waals surface area contributed by atoms with E-state index in [4.69, 9.17) is 16.7 Å². The van der Waals surface area contributed by atoms with Crippen molar-refractivity contribution in [3.63, 3.8) is 0 Å². The van der Waals surface area contributed by atoms with Crippen molar-refractivity contribution in [3.8, 4) is 16.8 Å². The predicted molar refractivity (Wildman–Crippen MR) is 90.4 cm³/mol. The summed E-state index contributed by atoms with van der Waals surface area (Å²) in [6.45, 7) is 0. The number of rotatable bonds is 3. The molecule has 5 nitrogen and oxygen atoms in total. The zero-order valence-corrected chi connectivity index (χ0v) is 14.5. The van der Waals surface area contributed by atoms with Crippen LogP contribution in [0.1, 0.15) is 5.56 Å². The molecule has 2 aromatic carbocycles. The molecule has 0 aliphatic carbocycles. The van der Waals surface area contributed by atoms with Crippen LogP contribution in [-0.2, 0) is 16.2 Å². The van der Waals surface area contributed by atoms with Crippen molar-refractivity contribution in [1.82, 2.24) is 9.55 Å². The van der Waals surface area contributed by atoms with Crippen molar-refractivity contribution in [3.05, 3.63) is 65.7 Å². The molecule has 1 heterocycles. The molecule has 1 aromatic heterocycles. The first-order valence-electron chi connectivity index (χ1n) is 7.10. The summed E-state index contributed by atoms with van der Waals surface area (Å²) in [6, 6.07) is 7.28. The number of hydrogen-bond acceptors (Lipinski definition) is 3. The zero-order valence-electron chi connectivity index (χ0n) is 12.9. The highest BCUT2D eigenvalue weighted by Crippen LogP contribution is 2.42. The van der Waals surface area contributed by atoms with E-state index >= 15 is 0 Å². The summed E-state index contributed by atoms with van der Waals surface area (Å²) in [5, 5.41) is 5.60. The maximum absolute atomic E-state index is 13.6. The molecule has 2 N–H and O–H groups in total. The number of alkyl halides is 3. The number of benzene rings is 2. The standard InChI is InChI=1S/C16H11ClF3N3O2S/c17-11-3-1-10(2-4-11)14-13(26(21,24)25)6-5-12(16(18,19)20)15(14)23-8-7-22-9-23/h1-9H,(H2,21,24,25). The SMILES string of the molecule is NS(=O)(=O)c1ccc(C(F)(F)F)c(-n2ccnc2)c1-c1ccc(Cl)cc1. The number of halogens is 4. The Labute approximate surface area is 151 Å². The van der Waals surface area contributed by atoms with Crippen LogP contribution >= 0.6 is 11.6 Å². The van der Waals surface area contributed by atoms with Gasteiger partial charge in [0, 0.05) is 23.0 Å². The van der Waals surface area contributed by atoms with Gasteiger partial charge in [-0.1, -0.05) is 23.7 Å². The molecule has 0 fully saturated rings. The fraction of sp³-hybridized carbons (Fsp3) is 0.0625. The van der Waals surface area contributed by atoms with Crippen molar-refractivity contribution < 1.29 is 21.6 Å². The van der Waals surface area contributed by atoms with Crippen molar-refractivity contribution in [1.29, 1.82) is 0 Å². The van der Waals surface area contributed by atoms with E-state index in [1.54, 1.807) is 0 Å². The van der Waals surface area contributed by atoms with Crippen LogP contribution in [0.2, 0.25) is 5.02 Å². The number of sulfonamides is 1. The summed E-state index contributed by atoms with van der Waals surface area (Å²) in [7, 11) is -4.30. The van der Waals surface area contributed by atoms with Gasteiger partial charge in [-0.15, -0.1) is 0 Å². The summed E-state index contributed by atoms with van der Waals surface area (Å²) in [4.78, 5) is 3.32. The number of imidazole rings is 1. The maximum Gasteiger partial charge on any atom is 0.418 e. The zero-order chi connectivity index (χ0) is 19.1. The second-order valence-corrected chi connectivity index (χ2v) is 7.32. The number of hydrogen-bond donors (Lipinski definition) is 1. The van der Waals surface area contributed by atoms with Gasteiger partial charge in [0.15, 0.2) is 0 Å². The molecule has 0 radical (unpaired) electrons. The number of aromatic nitrogens is 2. The van der Waals surface area contributed by atoms with Crippen LogP contribution in [0.3, 0.4) is 0 Å². The lowest BCUT2D eigenvalue weighted by Crippen LogP contribution is -2.18. The second-order valence-electron chi connectivity index (χ2n) is 5.35. The van der Waals surface area contributed by atoms with E-state index < -0.39 is 26.7 Å². The minimum atomic E-state index is -4.72. The quantitative estimate of drug-likeness (QED) is 0.723. The van der Waals surface area contributed by atoms with Crippen LogP contribution in [0.4, 0.5) is 13.2 Å². The van der Waals surface area contributed by atoms with Crippen LogP contribution in [0, 0.1) is 0 Å². The van der Waals surface area contributed by atoms with Gasteiger partial charge in [0.1, 0.15) is 0 Å². The van der Waals surface area contributed by atoms with Gasteiger partial charge in [-0.2, -0.15) is 13.2 Å². The minimum Gasteiger partial charge on any atom is -0.305 e. The van der Waals surface area contributed by atoms with Gasteiger partial charge < -0.3 is 4.57 Å². The monoisotopic (exact) mass is 401 g/mol. The van der Waals surface area contributed by atoms with Gasteiger partial charge in [-0.25, -0.2) is 18.5 Å². The molecule has 3 aromatic rings. The molecule has 0 unspecified atom stereocenters. The molecule has 10 heteroatoms. The fourth-order valence-electron chi connectivity index (χ4n) is 2.59. The summed E-state index contributed by atoms with van der Waals surface area (Å²) in [5.74, 6) is 0. The number of nitrogens with two attached hydrogens (primary N) is 1. The summed E-state index contributed by atoms with van der Waals surface area (Å²) >= 11 is 5.83. The fourth-order valence-corrected chi connectivity index (χ4v) is 3.48. The van der Waals surface area contributed by atoms with Gasteiger partial charge in [0.05, 0.1) is 22.5 Å². The lowest BCUT2D eigenvalue weighted by Gasteiger charge is -2.20. The van der Waals surface area contributed by atoms with E-state index in [0.29, 0.717) is 11.1 Å². The summed E-state index contributed by atoms with van der Waals surface area (Å²) in [6.07, 6.45) is -0.999. The Kier molecular flexibility index (Phi) is 4.55. The molecule has 0 aliphatic heterocycles. The van der Waals surface area contributed by atoms with Crippen molar-refractivity contribution >= 4 is 21.6 Å². The van der Waals surface area contributed by atoms with Crippen molar-refractivity contribution in [2.75, 3.05) is 0 Å². The van der Waals surface area contributed by atoms with Crippen LogP contribution < -0.4 is 5.14 Å². The van der Waals surface area contributed by atoms with E-state index in [0.717, 1.165) is 17.0 Å². The third-order valence-corrected chi connectivity index (χ3v) is 4.85. The molecule has 0 aliphatic rings. The first-order chi connectivity index (χ1) is 12.1. The third-order valence-electron chi connectivity index (χ3n) is 3.65. The van der Waals surface area contributed by atoms with Gasteiger partial charge in [-0.05, 0) is 29.8 Å². The molecule has 136 valence electrons. The minimum absolute atomic E-state index is 0.183. The Hall–Kier alpha value is -2.36. The highest BCUT2D eigenvalue weighted by Gasteiger charge is 2.37. The van der Waals surface area contributed by atoms with Gasteiger partial charge >= 0.3 is 6.18 Å². The van der Waals surface area contributed by atoms with Gasteiger partial charge in [-0.3, -0.25) is 0 Å².